The molecule has 5 N–H and O–H groups in total. The summed E-state index contributed by atoms with van der Waals surface area (Å²) in [5.74, 6) is -0.285. The third kappa shape index (κ3) is 4.57. The van der Waals surface area contributed by atoms with Crippen LogP contribution >= 0.6 is 0 Å². The maximum Gasteiger partial charge on any atom is 0.323 e. The Hall–Kier alpha value is -2.12. The zero-order valence-corrected chi connectivity index (χ0v) is 11.4. The van der Waals surface area contributed by atoms with E-state index in [1.807, 2.05) is 20.8 Å². The summed E-state index contributed by atoms with van der Waals surface area (Å²) >= 11 is 0. The molecule has 0 saturated carbocycles. The SMILES string of the molecule is CCCOc1nc(N)nc(NC(C(N)=O)C(C)C)n1. The molecule has 19 heavy (non-hydrogen) atoms. The van der Waals surface area contributed by atoms with Crippen LogP contribution in [0.15, 0.2) is 0 Å². The molecule has 0 fully saturated rings. The second kappa shape index (κ2) is 6.72. The fourth-order valence-corrected chi connectivity index (χ4v) is 1.40. The topological polar surface area (TPSA) is 129 Å². The van der Waals surface area contributed by atoms with Gasteiger partial charge in [-0.05, 0) is 12.3 Å². The summed E-state index contributed by atoms with van der Waals surface area (Å²) in [5, 5.41) is 2.84. The van der Waals surface area contributed by atoms with Gasteiger partial charge >= 0.3 is 6.01 Å². The van der Waals surface area contributed by atoms with E-state index in [2.05, 4.69) is 20.3 Å². The van der Waals surface area contributed by atoms with Crippen LogP contribution in [0.5, 0.6) is 6.01 Å². The first-order valence-corrected chi connectivity index (χ1v) is 6.14. The fraction of sp³-hybridized carbons (Fsp3) is 0.636. The quantitative estimate of drug-likeness (QED) is 0.642. The molecule has 1 atom stereocenters. The van der Waals surface area contributed by atoms with Crippen molar-refractivity contribution in [2.24, 2.45) is 11.7 Å². The van der Waals surface area contributed by atoms with Gasteiger partial charge in [-0.3, -0.25) is 4.79 Å². The first-order chi connectivity index (χ1) is 8.93. The van der Waals surface area contributed by atoms with E-state index in [-0.39, 0.29) is 23.8 Å². The molecular weight excluding hydrogens is 248 g/mol. The highest BCUT2D eigenvalue weighted by molar-refractivity contribution is 5.82. The van der Waals surface area contributed by atoms with Crippen molar-refractivity contribution in [2.45, 2.75) is 33.2 Å². The molecule has 0 aromatic carbocycles. The van der Waals surface area contributed by atoms with Gasteiger partial charge in [0.1, 0.15) is 6.04 Å². The van der Waals surface area contributed by atoms with Crippen molar-refractivity contribution in [3.63, 3.8) is 0 Å². The van der Waals surface area contributed by atoms with Gasteiger partial charge in [-0.15, -0.1) is 0 Å². The summed E-state index contributed by atoms with van der Waals surface area (Å²) in [4.78, 5) is 23.1. The summed E-state index contributed by atoms with van der Waals surface area (Å²) < 4.78 is 5.28. The van der Waals surface area contributed by atoms with Gasteiger partial charge in [0, 0.05) is 0 Å². The monoisotopic (exact) mass is 268 g/mol. The zero-order chi connectivity index (χ0) is 14.4. The smallest absolute Gasteiger partial charge is 0.323 e. The van der Waals surface area contributed by atoms with Crippen LogP contribution in [-0.2, 0) is 4.79 Å². The van der Waals surface area contributed by atoms with Gasteiger partial charge < -0.3 is 21.5 Å². The molecular formula is C11H20N6O2. The van der Waals surface area contributed by atoms with Crippen molar-refractivity contribution < 1.29 is 9.53 Å². The molecule has 0 bridgehead atoms. The first-order valence-electron chi connectivity index (χ1n) is 6.14. The Morgan fingerprint density at radius 2 is 2.05 bits per heavy atom. The number of hydrogen-bond donors (Lipinski definition) is 3. The molecule has 0 aliphatic heterocycles. The third-order valence-electron chi connectivity index (χ3n) is 2.33. The van der Waals surface area contributed by atoms with Crippen molar-refractivity contribution in [2.75, 3.05) is 17.7 Å². The highest BCUT2D eigenvalue weighted by atomic mass is 16.5. The fourth-order valence-electron chi connectivity index (χ4n) is 1.40. The number of carbonyl (C=O) groups excluding carboxylic acids is 1. The van der Waals surface area contributed by atoms with E-state index in [0.29, 0.717) is 6.61 Å². The van der Waals surface area contributed by atoms with Gasteiger partial charge in [-0.2, -0.15) is 15.0 Å². The van der Waals surface area contributed by atoms with Gasteiger partial charge in [0.2, 0.25) is 17.8 Å². The number of ether oxygens (including phenoxy) is 1. The van der Waals surface area contributed by atoms with Crippen LogP contribution in [0, 0.1) is 5.92 Å². The van der Waals surface area contributed by atoms with Crippen molar-refractivity contribution in [3.8, 4) is 6.01 Å². The predicted octanol–water partition coefficient (Wildman–Crippen LogP) is 0.164. The molecule has 1 aromatic heterocycles. The highest BCUT2D eigenvalue weighted by Gasteiger charge is 2.21. The lowest BCUT2D eigenvalue weighted by atomic mass is 10.0. The number of carbonyl (C=O) groups is 1. The molecule has 0 radical (unpaired) electrons. The number of rotatable bonds is 7. The van der Waals surface area contributed by atoms with Gasteiger partial charge in [-0.1, -0.05) is 20.8 Å². The molecule has 1 heterocycles. The Kier molecular flexibility index (Phi) is 5.28. The van der Waals surface area contributed by atoms with Gasteiger partial charge in [0.15, 0.2) is 0 Å². The molecule has 0 saturated heterocycles. The Morgan fingerprint density at radius 1 is 1.37 bits per heavy atom. The third-order valence-corrected chi connectivity index (χ3v) is 2.33. The lowest BCUT2D eigenvalue weighted by molar-refractivity contribution is -0.119. The molecule has 0 spiro atoms. The van der Waals surface area contributed by atoms with Crippen LogP contribution in [0.1, 0.15) is 27.2 Å². The molecule has 0 aliphatic rings. The van der Waals surface area contributed by atoms with E-state index in [4.69, 9.17) is 16.2 Å². The standard InChI is InChI=1S/C11H20N6O2/c1-4-5-19-11-16-9(13)15-10(17-11)14-7(6(2)3)8(12)18/h6-7H,4-5H2,1-3H3,(H2,12,18)(H3,13,14,15,16,17). The Bertz CT molecular complexity index is 437. The largest absolute Gasteiger partial charge is 0.463 e. The predicted molar refractivity (Wildman–Crippen MR) is 71.5 cm³/mol. The average Bonchev–Trinajstić information content (AvgIpc) is 2.32. The van der Waals surface area contributed by atoms with Gasteiger partial charge in [0.05, 0.1) is 6.61 Å². The Labute approximate surface area is 112 Å². The van der Waals surface area contributed by atoms with Crippen LogP contribution in [-0.4, -0.2) is 33.5 Å². The molecule has 1 rings (SSSR count). The van der Waals surface area contributed by atoms with E-state index >= 15 is 0 Å². The average molecular weight is 268 g/mol. The molecule has 8 heteroatoms. The van der Waals surface area contributed by atoms with E-state index in [1.54, 1.807) is 0 Å². The van der Waals surface area contributed by atoms with Crippen LogP contribution in [0.3, 0.4) is 0 Å². The minimum Gasteiger partial charge on any atom is -0.463 e. The minimum atomic E-state index is -0.583. The van der Waals surface area contributed by atoms with Crippen molar-refractivity contribution in [3.05, 3.63) is 0 Å². The van der Waals surface area contributed by atoms with Crippen LogP contribution in [0.4, 0.5) is 11.9 Å². The summed E-state index contributed by atoms with van der Waals surface area (Å²) in [5.41, 5.74) is 10.9. The molecule has 1 aromatic rings. The van der Waals surface area contributed by atoms with Crippen molar-refractivity contribution >= 4 is 17.8 Å². The summed E-state index contributed by atoms with van der Waals surface area (Å²) in [7, 11) is 0. The molecule has 8 nitrogen and oxygen atoms in total. The van der Waals surface area contributed by atoms with Crippen LogP contribution < -0.4 is 21.5 Å². The van der Waals surface area contributed by atoms with Crippen LogP contribution in [0.25, 0.3) is 0 Å². The number of amides is 1. The summed E-state index contributed by atoms with van der Waals surface area (Å²) in [6, 6.07) is -0.454. The highest BCUT2D eigenvalue weighted by Crippen LogP contribution is 2.12. The molecule has 1 unspecified atom stereocenters. The second-order valence-electron chi connectivity index (χ2n) is 4.42. The number of primary amides is 1. The summed E-state index contributed by atoms with van der Waals surface area (Å²) in [6.45, 7) is 6.17. The zero-order valence-electron chi connectivity index (χ0n) is 11.4. The number of anilines is 2. The number of nitrogens with zero attached hydrogens (tertiary/aromatic N) is 3. The van der Waals surface area contributed by atoms with Crippen molar-refractivity contribution in [1.82, 2.24) is 15.0 Å². The normalized spacial score (nSPS) is 12.2. The maximum atomic E-state index is 11.3. The second-order valence-corrected chi connectivity index (χ2v) is 4.42. The van der Waals surface area contributed by atoms with Gasteiger partial charge in [0.25, 0.3) is 0 Å². The van der Waals surface area contributed by atoms with Gasteiger partial charge in [-0.25, -0.2) is 0 Å². The molecule has 106 valence electrons. The van der Waals surface area contributed by atoms with E-state index in [9.17, 15) is 4.79 Å². The molecule has 1 amide bonds. The summed E-state index contributed by atoms with van der Waals surface area (Å²) in [6.07, 6.45) is 0.824. The number of nitrogens with two attached hydrogens (primary N) is 2. The lowest BCUT2D eigenvalue weighted by Gasteiger charge is -2.18. The van der Waals surface area contributed by atoms with Crippen molar-refractivity contribution in [1.29, 1.82) is 0 Å². The number of hydrogen-bond acceptors (Lipinski definition) is 7. The van der Waals surface area contributed by atoms with E-state index in [0.717, 1.165) is 6.42 Å². The number of nitrogen functional groups attached to an aromatic ring is 1. The minimum absolute atomic E-state index is 0.00417. The lowest BCUT2D eigenvalue weighted by Crippen LogP contribution is -2.40. The number of aromatic nitrogens is 3. The van der Waals surface area contributed by atoms with E-state index in [1.165, 1.54) is 0 Å². The molecule has 0 aliphatic carbocycles. The number of nitrogens with one attached hydrogen (secondary N) is 1. The maximum absolute atomic E-state index is 11.3. The van der Waals surface area contributed by atoms with Crippen LogP contribution in [0.2, 0.25) is 0 Å². The Morgan fingerprint density at radius 3 is 2.58 bits per heavy atom. The first kappa shape index (κ1) is 14.9. The van der Waals surface area contributed by atoms with E-state index < -0.39 is 11.9 Å². The Balaban J connectivity index is 2.87.